The topological polar surface area (TPSA) is 21.3 Å². The van der Waals surface area contributed by atoms with Crippen molar-refractivity contribution in [3.05, 3.63) is 65.2 Å². The molecule has 2 rings (SSSR count). The number of anilines is 1. The van der Waals surface area contributed by atoms with Crippen LogP contribution in [0, 0.1) is 0 Å². The number of alkyl halides is 3. The number of rotatable bonds is 5. The van der Waals surface area contributed by atoms with E-state index in [4.69, 9.17) is 4.74 Å². The summed E-state index contributed by atoms with van der Waals surface area (Å²) in [5, 5.41) is 3.02. The van der Waals surface area contributed by atoms with Gasteiger partial charge in [-0.15, -0.1) is 0 Å². The second-order valence-electron chi connectivity index (χ2n) is 4.64. The molecule has 0 aromatic heterocycles. The van der Waals surface area contributed by atoms with Gasteiger partial charge in [-0.05, 0) is 29.3 Å². The molecule has 0 aliphatic heterocycles. The Hall–Kier alpha value is -2.01. The van der Waals surface area contributed by atoms with Crippen LogP contribution in [0.1, 0.15) is 16.7 Å². The molecule has 0 unspecified atom stereocenters. The molecule has 0 atom stereocenters. The summed E-state index contributed by atoms with van der Waals surface area (Å²) in [5.41, 5.74) is 1.35. The van der Waals surface area contributed by atoms with Gasteiger partial charge in [-0.1, -0.05) is 30.3 Å². The molecule has 0 radical (unpaired) electrons. The smallest absolute Gasteiger partial charge is 0.381 e. The summed E-state index contributed by atoms with van der Waals surface area (Å²) in [7, 11) is 1.60. The van der Waals surface area contributed by atoms with Gasteiger partial charge in [0.1, 0.15) is 0 Å². The second kappa shape index (κ2) is 6.63. The Balaban J connectivity index is 2.12. The molecule has 0 spiro atoms. The highest BCUT2D eigenvalue weighted by molar-refractivity contribution is 5.46. The number of hydrogen-bond donors (Lipinski definition) is 1. The van der Waals surface area contributed by atoms with E-state index in [1.807, 2.05) is 24.3 Å². The summed E-state index contributed by atoms with van der Waals surface area (Å²) in [5.74, 6) is 0. The van der Waals surface area contributed by atoms with E-state index in [2.05, 4.69) is 5.32 Å². The number of methoxy groups -OCH3 is 1. The van der Waals surface area contributed by atoms with Crippen molar-refractivity contribution in [2.75, 3.05) is 12.4 Å². The van der Waals surface area contributed by atoms with Crippen molar-refractivity contribution in [2.45, 2.75) is 19.3 Å². The summed E-state index contributed by atoms with van der Waals surface area (Å²) in [4.78, 5) is 0. The summed E-state index contributed by atoms with van der Waals surface area (Å²) >= 11 is 0. The average Bonchev–Trinajstić information content (AvgIpc) is 2.45. The molecule has 2 aromatic rings. The van der Waals surface area contributed by atoms with E-state index in [9.17, 15) is 13.2 Å². The van der Waals surface area contributed by atoms with Crippen molar-refractivity contribution in [2.24, 2.45) is 0 Å². The fraction of sp³-hybridized carbons (Fsp3) is 0.250. The van der Waals surface area contributed by atoms with Crippen LogP contribution < -0.4 is 5.32 Å². The Kier molecular flexibility index (Phi) is 4.85. The number of ether oxygens (including phenoxy) is 1. The second-order valence-corrected chi connectivity index (χ2v) is 4.64. The van der Waals surface area contributed by atoms with Crippen LogP contribution in [-0.2, 0) is 24.1 Å². The molecular weight excluding hydrogens is 279 g/mol. The molecule has 21 heavy (non-hydrogen) atoms. The predicted octanol–water partition coefficient (Wildman–Crippen LogP) is 4.46. The van der Waals surface area contributed by atoms with Gasteiger partial charge in [0.05, 0.1) is 12.2 Å². The van der Waals surface area contributed by atoms with Crippen molar-refractivity contribution < 1.29 is 17.9 Å². The van der Waals surface area contributed by atoms with E-state index in [0.29, 0.717) is 6.61 Å². The van der Waals surface area contributed by atoms with Crippen LogP contribution in [0.2, 0.25) is 0 Å². The molecule has 0 saturated carbocycles. The first-order chi connectivity index (χ1) is 10.0. The molecular formula is C16H16F3NO. The first-order valence-corrected chi connectivity index (χ1v) is 6.47. The number of halogens is 3. The summed E-state index contributed by atoms with van der Waals surface area (Å²) in [6, 6.07) is 13.0. The molecule has 5 heteroatoms. The van der Waals surface area contributed by atoms with E-state index >= 15 is 0 Å². The van der Waals surface area contributed by atoms with E-state index < -0.39 is 11.7 Å². The van der Waals surface area contributed by atoms with Gasteiger partial charge in [0.2, 0.25) is 0 Å². The van der Waals surface area contributed by atoms with Gasteiger partial charge in [0, 0.05) is 19.3 Å². The maximum absolute atomic E-state index is 12.9. The maximum atomic E-state index is 12.9. The van der Waals surface area contributed by atoms with Crippen LogP contribution in [0.25, 0.3) is 0 Å². The van der Waals surface area contributed by atoms with E-state index in [-0.39, 0.29) is 12.1 Å². The van der Waals surface area contributed by atoms with E-state index in [0.717, 1.165) is 17.3 Å². The fourth-order valence-corrected chi connectivity index (χ4v) is 2.09. The van der Waals surface area contributed by atoms with Crippen molar-refractivity contribution in [1.82, 2.24) is 0 Å². The molecule has 0 saturated heterocycles. The van der Waals surface area contributed by atoms with Gasteiger partial charge in [0.15, 0.2) is 0 Å². The minimum absolute atomic E-state index is 0.117. The van der Waals surface area contributed by atoms with Gasteiger partial charge in [-0.3, -0.25) is 0 Å². The largest absolute Gasteiger partial charge is 0.416 e. The number of hydrogen-bond acceptors (Lipinski definition) is 2. The van der Waals surface area contributed by atoms with Crippen molar-refractivity contribution in [3.8, 4) is 0 Å². The minimum Gasteiger partial charge on any atom is -0.381 e. The van der Waals surface area contributed by atoms with Crippen molar-refractivity contribution >= 4 is 5.69 Å². The highest BCUT2D eigenvalue weighted by atomic mass is 19.4. The van der Waals surface area contributed by atoms with Gasteiger partial charge >= 0.3 is 6.18 Å². The zero-order chi connectivity index (χ0) is 15.3. The lowest BCUT2D eigenvalue weighted by atomic mass is 10.1. The molecule has 0 aliphatic carbocycles. The first kappa shape index (κ1) is 15.4. The van der Waals surface area contributed by atoms with Crippen LogP contribution in [0.15, 0.2) is 48.5 Å². The lowest BCUT2D eigenvalue weighted by Crippen LogP contribution is -2.11. The Morgan fingerprint density at radius 1 is 1.05 bits per heavy atom. The van der Waals surface area contributed by atoms with Crippen LogP contribution in [0.3, 0.4) is 0 Å². The molecule has 2 nitrogen and oxygen atoms in total. The minimum atomic E-state index is -4.34. The standard InChI is InChI=1S/C16H16F3NO/c1-21-11-12-5-4-7-14(9-12)20-10-13-6-2-3-8-15(13)16(17,18)19/h2-9,20H,10-11H2,1H3. The van der Waals surface area contributed by atoms with Crippen LogP contribution in [0.4, 0.5) is 18.9 Å². The fourth-order valence-electron chi connectivity index (χ4n) is 2.09. The Morgan fingerprint density at radius 2 is 1.81 bits per heavy atom. The average molecular weight is 295 g/mol. The third-order valence-corrected chi connectivity index (χ3v) is 3.04. The van der Waals surface area contributed by atoms with Crippen LogP contribution in [0.5, 0.6) is 0 Å². The van der Waals surface area contributed by atoms with Crippen molar-refractivity contribution in [3.63, 3.8) is 0 Å². The number of nitrogens with one attached hydrogen (secondary N) is 1. The highest BCUT2D eigenvalue weighted by Crippen LogP contribution is 2.32. The Morgan fingerprint density at radius 3 is 2.52 bits per heavy atom. The molecule has 112 valence electrons. The Bertz CT molecular complexity index is 596. The molecule has 0 amide bonds. The van der Waals surface area contributed by atoms with E-state index in [1.165, 1.54) is 12.1 Å². The third kappa shape index (κ3) is 4.23. The van der Waals surface area contributed by atoms with Crippen LogP contribution >= 0.6 is 0 Å². The maximum Gasteiger partial charge on any atom is 0.416 e. The predicted molar refractivity (Wildman–Crippen MR) is 75.9 cm³/mol. The van der Waals surface area contributed by atoms with E-state index in [1.54, 1.807) is 13.2 Å². The lowest BCUT2D eigenvalue weighted by molar-refractivity contribution is -0.138. The highest BCUT2D eigenvalue weighted by Gasteiger charge is 2.32. The Labute approximate surface area is 121 Å². The molecule has 1 N–H and O–H groups in total. The van der Waals surface area contributed by atoms with Crippen molar-refractivity contribution in [1.29, 1.82) is 0 Å². The van der Waals surface area contributed by atoms with Gasteiger partial charge in [-0.2, -0.15) is 13.2 Å². The molecule has 0 aliphatic rings. The monoisotopic (exact) mass is 295 g/mol. The zero-order valence-electron chi connectivity index (χ0n) is 11.6. The summed E-state index contributed by atoms with van der Waals surface area (Å²) < 4.78 is 43.7. The van der Waals surface area contributed by atoms with Gasteiger partial charge in [-0.25, -0.2) is 0 Å². The first-order valence-electron chi connectivity index (χ1n) is 6.47. The number of benzene rings is 2. The SMILES string of the molecule is COCc1cccc(NCc2ccccc2C(F)(F)F)c1. The summed E-state index contributed by atoms with van der Waals surface area (Å²) in [6.45, 7) is 0.584. The van der Waals surface area contributed by atoms with Gasteiger partial charge < -0.3 is 10.1 Å². The zero-order valence-corrected chi connectivity index (χ0v) is 11.6. The molecule has 0 bridgehead atoms. The quantitative estimate of drug-likeness (QED) is 0.879. The normalized spacial score (nSPS) is 11.4. The molecule has 2 aromatic carbocycles. The molecule has 0 fully saturated rings. The van der Waals surface area contributed by atoms with Gasteiger partial charge in [0.25, 0.3) is 0 Å². The lowest BCUT2D eigenvalue weighted by Gasteiger charge is -2.14. The summed E-state index contributed by atoms with van der Waals surface area (Å²) in [6.07, 6.45) is -4.34. The third-order valence-electron chi connectivity index (χ3n) is 3.04. The molecule has 0 heterocycles. The van der Waals surface area contributed by atoms with Crippen LogP contribution in [-0.4, -0.2) is 7.11 Å².